The van der Waals surface area contributed by atoms with E-state index in [0.717, 1.165) is 17.0 Å². The van der Waals surface area contributed by atoms with Crippen LogP contribution in [0.25, 0.3) is 5.65 Å². The highest BCUT2D eigenvalue weighted by Gasteiger charge is 2.54. The summed E-state index contributed by atoms with van der Waals surface area (Å²) in [6.07, 6.45) is 3.51. The van der Waals surface area contributed by atoms with Crippen LogP contribution < -0.4 is 20.4 Å². The fraction of sp³-hybridized carbons (Fsp3) is 0.318. The first kappa shape index (κ1) is 25.5. The highest BCUT2D eigenvalue weighted by atomic mass is 32.2. The van der Waals surface area contributed by atoms with Gasteiger partial charge in [0.1, 0.15) is 42.2 Å². The number of thiazole rings is 1. The van der Waals surface area contributed by atoms with Gasteiger partial charge < -0.3 is 25.7 Å². The Kier molecular flexibility index (Phi) is 6.90. The number of rotatable bonds is 9. The molecular weight excluding hydrogens is 536 g/mol. The van der Waals surface area contributed by atoms with Gasteiger partial charge in [-0.05, 0) is 12.0 Å². The number of carboxylic acid groups (broad SMARTS) is 1. The van der Waals surface area contributed by atoms with Gasteiger partial charge in [-0.25, -0.2) is 14.3 Å². The lowest BCUT2D eigenvalue weighted by atomic mass is 10.0. The zero-order chi connectivity index (χ0) is 27.0. The largest absolute Gasteiger partial charge is 0.479 e. The number of thioether (sulfide) groups is 1. The number of β-lactam (4-membered cyclic amide) rings is 1. The maximum atomic E-state index is 13.1. The molecule has 0 bridgehead atoms. The fourth-order valence-corrected chi connectivity index (χ4v) is 6.05. The van der Waals surface area contributed by atoms with E-state index in [9.17, 15) is 19.5 Å². The molecule has 0 aromatic carbocycles. The summed E-state index contributed by atoms with van der Waals surface area (Å²) in [5.41, 5.74) is 6.97. The van der Waals surface area contributed by atoms with E-state index >= 15 is 0 Å². The lowest BCUT2D eigenvalue weighted by Gasteiger charge is -2.49. The van der Waals surface area contributed by atoms with Crippen molar-refractivity contribution in [2.75, 3.05) is 25.2 Å². The number of anilines is 1. The minimum Gasteiger partial charge on any atom is -0.479 e. The number of ether oxygens (including phenoxy) is 1. The molecule has 1 saturated heterocycles. The maximum absolute atomic E-state index is 13.1. The number of fused-ring (bicyclic) bond motifs is 2. The number of oxime groups is 1. The molecule has 2 aliphatic rings. The average Bonchev–Trinajstić information content (AvgIpc) is 3.52. The third-order valence-electron chi connectivity index (χ3n) is 5.87. The normalized spacial score (nSPS) is 19.3. The highest BCUT2D eigenvalue weighted by molar-refractivity contribution is 8.00. The number of carbonyl (C=O) groups excluding carboxylic acids is 2. The molecule has 4 N–H and O–H groups in total. The van der Waals surface area contributed by atoms with Crippen LogP contribution in [-0.2, 0) is 25.8 Å². The standard InChI is InChI=1S/C22H22N8O6S2/c1-3-36-27-15(12-10-38-22(23)24-12)18(31)25-16-19(32)30-17(21(33)34)11(9-37-20(16)30)8-28-6-7-29-14(28)5-4-13(26-29)35-2/h4-7,10,16,20H,3,8-9H2,1-2H3,(H3-,23,24,25,31,33,34)/p+1/b27-15-/t16-,20-/m1/s1. The summed E-state index contributed by atoms with van der Waals surface area (Å²) < 4.78 is 8.60. The first-order chi connectivity index (χ1) is 18.3. The summed E-state index contributed by atoms with van der Waals surface area (Å²) in [5.74, 6) is -1.64. The van der Waals surface area contributed by atoms with Gasteiger partial charge in [-0.2, -0.15) is 0 Å². The number of nitrogens with zero attached hydrogens (tertiary/aromatic N) is 6. The molecule has 3 aromatic heterocycles. The quantitative estimate of drug-likeness (QED) is 0.138. The number of nitrogen functional groups attached to an aromatic ring is 1. The number of nitrogens with two attached hydrogens (primary N) is 1. The van der Waals surface area contributed by atoms with Crippen LogP contribution >= 0.6 is 23.1 Å². The molecule has 0 aliphatic carbocycles. The van der Waals surface area contributed by atoms with Crippen molar-refractivity contribution in [3.05, 3.63) is 46.9 Å². The first-order valence-electron chi connectivity index (χ1n) is 11.4. The number of amides is 2. The molecule has 0 radical (unpaired) electrons. The second-order valence-electron chi connectivity index (χ2n) is 8.15. The molecule has 5 heterocycles. The number of aliphatic carboxylic acids is 1. The summed E-state index contributed by atoms with van der Waals surface area (Å²) in [4.78, 5) is 48.7. The van der Waals surface area contributed by atoms with Crippen molar-refractivity contribution in [1.29, 1.82) is 0 Å². The molecule has 3 aromatic rings. The number of methoxy groups -OCH3 is 1. The van der Waals surface area contributed by atoms with Crippen molar-refractivity contribution in [3.63, 3.8) is 0 Å². The lowest BCUT2D eigenvalue weighted by molar-refractivity contribution is -0.662. The van der Waals surface area contributed by atoms with Crippen LogP contribution in [0.1, 0.15) is 12.6 Å². The number of hydrogen-bond acceptors (Lipinski definition) is 11. The summed E-state index contributed by atoms with van der Waals surface area (Å²) in [6, 6.07) is 2.58. The van der Waals surface area contributed by atoms with Crippen LogP contribution in [0, 0.1) is 0 Å². The van der Waals surface area contributed by atoms with E-state index in [1.807, 2.05) is 10.6 Å². The van der Waals surface area contributed by atoms with E-state index in [2.05, 4.69) is 20.6 Å². The van der Waals surface area contributed by atoms with Gasteiger partial charge in [-0.3, -0.25) is 14.5 Å². The van der Waals surface area contributed by atoms with Crippen LogP contribution in [0.3, 0.4) is 0 Å². The summed E-state index contributed by atoms with van der Waals surface area (Å²) in [6.45, 7) is 2.17. The molecule has 0 spiro atoms. The third kappa shape index (κ3) is 4.51. The van der Waals surface area contributed by atoms with Gasteiger partial charge in [0.25, 0.3) is 17.7 Å². The summed E-state index contributed by atoms with van der Waals surface area (Å²) >= 11 is 2.50. The van der Waals surface area contributed by atoms with Crippen LogP contribution in [0.15, 0.2) is 46.3 Å². The third-order valence-corrected chi connectivity index (χ3v) is 7.88. The molecule has 1 fully saturated rings. The van der Waals surface area contributed by atoms with Gasteiger partial charge in [0.2, 0.25) is 0 Å². The van der Waals surface area contributed by atoms with Crippen LogP contribution in [0.4, 0.5) is 5.13 Å². The first-order valence-corrected chi connectivity index (χ1v) is 13.3. The molecule has 14 nitrogen and oxygen atoms in total. The fourth-order valence-electron chi connectivity index (χ4n) is 4.16. The number of imidazole rings is 1. The Hall–Kier alpha value is -4.18. The molecule has 2 atom stereocenters. The lowest BCUT2D eigenvalue weighted by Crippen LogP contribution is -2.71. The molecule has 0 saturated carbocycles. The van der Waals surface area contributed by atoms with E-state index in [-0.39, 0.29) is 35.4 Å². The van der Waals surface area contributed by atoms with Gasteiger partial charge >= 0.3 is 11.6 Å². The van der Waals surface area contributed by atoms with Crippen molar-refractivity contribution in [3.8, 4) is 5.88 Å². The highest BCUT2D eigenvalue weighted by Crippen LogP contribution is 2.40. The van der Waals surface area contributed by atoms with Crippen molar-refractivity contribution in [2.45, 2.75) is 24.9 Å². The molecule has 2 amide bonds. The topological polar surface area (TPSA) is 178 Å². The Morgan fingerprint density at radius 1 is 1.39 bits per heavy atom. The van der Waals surface area contributed by atoms with Gasteiger partial charge in [0.15, 0.2) is 17.0 Å². The Morgan fingerprint density at radius 3 is 2.89 bits per heavy atom. The van der Waals surface area contributed by atoms with Crippen LogP contribution in [-0.4, -0.2) is 79.0 Å². The molecule has 16 heteroatoms. The Morgan fingerprint density at radius 2 is 2.21 bits per heavy atom. The predicted octanol–water partition coefficient (Wildman–Crippen LogP) is -0.151. The molecule has 2 aliphatic heterocycles. The van der Waals surface area contributed by atoms with Gasteiger partial charge in [0, 0.05) is 28.8 Å². The number of aromatic nitrogens is 4. The van der Waals surface area contributed by atoms with E-state index in [1.54, 1.807) is 35.3 Å². The van der Waals surface area contributed by atoms with E-state index in [1.165, 1.54) is 23.8 Å². The number of nitrogens with one attached hydrogen (secondary N) is 1. The molecule has 0 unspecified atom stereocenters. The number of hydrogen-bond donors (Lipinski definition) is 3. The van der Waals surface area contributed by atoms with Crippen molar-refractivity contribution < 1.29 is 33.6 Å². The molecular formula is C22H23N8O6S2+. The smallest absolute Gasteiger partial charge is 0.352 e. The Labute approximate surface area is 223 Å². The van der Waals surface area contributed by atoms with Gasteiger partial charge in [0.05, 0.1) is 7.11 Å². The van der Waals surface area contributed by atoms with Crippen molar-refractivity contribution >= 4 is 57.4 Å². The van der Waals surface area contributed by atoms with Crippen molar-refractivity contribution in [2.24, 2.45) is 5.16 Å². The summed E-state index contributed by atoms with van der Waals surface area (Å²) in [5, 5.41) is 22.0. The second kappa shape index (κ2) is 10.3. The van der Waals surface area contributed by atoms with Crippen LogP contribution in [0.5, 0.6) is 5.88 Å². The molecule has 5 rings (SSSR count). The Balaban J connectivity index is 1.36. The zero-order valence-electron chi connectivity index (χ0n) is 20.2. The van der Waals surface area contributed by atoms with E-state index in [4.69, 9.17) is 15.3 Å². The van der Waals surface area contributed by atoms with Crippen LogP contribution in [0.2, 0.25) is 0 Å². The van der Waals surface area contributed by atoms with Gasteiger partial charge in [-0.1, -0.05) is 9.67 Å². The maximum Gasteiger partial charge on any atom is 0.352 e. The monoisotopic (exact) mass is 559 g/mol. The number of carbonyl (C=O) groups is 3. The second-order valence-corrected chi connectivity index (χ2v) is 10.1. The zero-order valence-corrected chi connectivity index (χ0v) is 21.9. The average molecular weight is 560 g/mol. The Bertz CT molecular complexity index is 1500. The SMILES string of the molecule is CCO/N=C(\C(=O)N[C@@H]1C(=O)N2C(C(=O)O)=C(C[n+]3ccn4nc(OC)ccc43)CS[C@H]12)c1csc(N)n1. The van der Waals surface area contributed by atoms with Gasteiger partial charge in [-0.15, -0.1) is 23.1 Å². The number of carboxylic acids is 1. The predicted molar refractivity (Wildman–Crippen MR) is 136 cm³/mol. The van der Waals surface area contributed by atoms with E-state index < -0.39 is 29.2 Å². The summed E-state index contributed by atoms with van der Waals surface area (Å²) in [7, 11) is 1.52. The molecule has 198 valence electrons. The minimum absolute atomic E-state index is 0.0898. The van der Waals surface area contributed by atoms with Crippen molar-refractivity contribution in [1.82, 2.24) is 24.8 Å². The molecule has 38 heavy (non-hydrogen) atoms. The van der Waals surface area contributed by atoms with E-state index in [0.29, 0.717) is 17.2 Å². The minimum atomic E-state index is -1.22.